The fourth-order valence-electron chi connectivity index (χ4n) is 2.22. The summed E-state index contributed by atoms with van der Waals surface area (Å²) in [5.74, 6) is 0.644. The van der Waals surface area contributed by atoms with E-state index < -0.39 is 0 Å². The first-order valence-electron chi connectivity index (χ1n) is 6.06. The van der Waals surface area contributed by atoms with E-state index in [0.717, 1.165) is 19.5 Å². The first-order chi connectivity index (χ1) is 8.41. The minimum absolute atomic E-state index is 0.0291. The molecule has 0 unspecified atom stereocenters. The van der Waals surface area contributed by atoms with Crippen LogP contribution < -0.4 is 5.32 Å². The van der Waals surface area contributed by atoms with Gasteiger partial charge in [0.25, 0.3) is 5.91 Å². The summed E-state index contributed by atoms with van der Waals surface area (Å²) in [6.45, 7) is 5.96. The second-order valence-electron chi connectivity index (χ2n) is 5.45. The Bertz CT molecular complexity index is 473. The minimum atomic E-state index is 0.0291. The van der Waals surface area contributed by atoms with Crippen molar-refractivity contribution < 1.29 is 4.79 Å². The lowest BCUT2D eigenvalue weighted by atomic mass is 9.93. The standard InChI is InChI=1S/C13H18ClN3O/c1-13(2)4-5-17(8-13)12(18)9-6-10(14)16-11(7-9)15-3/h6-7H,4-5,8H2,1-3H3,(H,15,16). The topological polar surface area (TPSA) is 45.2 Å². The van der Waals surface area contributed by atoms with E-state index in [2.05, 4.69) is 24.1 Å². The van der Waals surface area contributed by atoms with E-state index in [9.17, 15) is 4.79 Å². The van der Waals surface area contributed by atoms with E-state index in [1.807, 2.05) is 4.90 Å². The SMILES string of the molecule is CNc1cc(C(=O)N2CCC(C)(C)C2)cc(Cl)n1. The van der Waals surface area contributed by atoms with Gasteiger partial charge in [-0.05, 0) is 24.0 Å². The van der Waals surface area contributed by atoms with Crippen LogP contribution >= 0.6 is 11.6 Å². The molecule has 0 radical (unpaired) electrons. The summed E-state index contributed by atoms with van der Waals surface area (Å²) >= 11 is 5.91. The van der Waals surface area contributed by atoms with Crippen molar-refractivity contribution in [1.82, 2.24) is 9.88 Å². The average Bonchev–Trinajstić information content (AvgIpc) is 2.67. The maximum absolute atomic E-state index is 12.4. The van der Waals surface area contributed by atoms with Gasteiger partial charge >= 0.3 is 0 Å². The summed E-state index contributed by atoms with van der Waals surface area (Å²) in [4.78, 5) is 18.3. The van der Waals surface area contributed by atoms with Crippen molar-refractivity contribution in [3.05, 3.63) is 22.8 Å². The molecule has 1 amide bonds. The zero-order valence-corrected chi connectivity index (χ0v) is 11.7. The molecule has 0 aliphatic carbocycles. The Morgan fingerprint density at radius 3 is 2.78 bits per heavy atom. The Labute approximate surface area is 112 Å². The van der Waals surface area contributed by atoms with Crippen LogP contribution in [-0.4, -0.2) is 35.9 Å². The molecule has 1 N–H and O–H groups in total. The summed E-state index contributed by atoms with van der Waals surface area (Å²) in [6, 6.07) is 3.36. The van der Waals surface area contributed by atoms with E-state index in [1.54, 1.807) is 19.2 Å². The van der Waals surface area contributed by atoms with Gasteiger partial charge in [0.05, 0.1) is 0 Å². The molecule has 18 heavy (non-hydrogen) atoms. The lowest BCUT2D eigenvalue weighted by molar-refractivity contribution is 0.0778. The summed E-state index contributed by atoms with van der Waals surface area (Å²) in [5, 5.41) is 3.24. The molecule has 2 heterocycles. The quantitative estimate of drug-likeness (QED) is 0.838. The van der Waals surface area contributed by atoms with E-state index in [4.69, 9.17) is 11.6 Å². The number of amides is 1. The third-order valence-electron chi connectivity index (χ3n) is 3.26. The number of likely N-dealkylation sites (tertiary alicyclic amines) is 1. The van der Waals surface area contributed by atoms with Gasteiger partial charge < -0.3 is 10.2 Å². The normalized spacial score (nSPS) is 17.9. The predicted octanol–water partition coefficient (Wildman–Crippen LogP) is 2.65. The first-order valence-corrected chi connectivity index (χ1v) is 6.44. The van der Waals surface area contributed by atoms with E-state index in [-0.39, 0.29) is 11.3 Å². The Morgan fingerprint density at radius 1 is 1.50 bits per heavy atom. The molecule has 1 aliphatic heterocycles. The maximum atomic E-state index is 12.4. The summed E-state index contributed by atoms with van der Waals surface area (Å²) in [7, 11) is 1.76. The smallest absolute Gasteiger partial charge is 0.254 e. The molecule has 1 saturated heterocycles. The molecule has 0 aromatic carbocycles. The minimum Gasteiger partial charge on any atom is -0.373 e. The fourth-order valence-corrected chi connectivity index (χ4v) is 2.43. The van der Waals surface area contributed by atoms with Crippen molar-refractivity contribution in [3.63, 3.8) is 0 Å². The molecule has 0 spiro atoms. The van der Waals surface area contributed by atoms with Crippen LogP contribution in [0.25, 0.3) is 0 Å². The van der Waals surface area contributed by atoms with Gasteiger partial charge in [-0.2, -0.15) is 0 Å². The van der Waals surface area contributed by atoms with E-state index in [0.29, 0.717) is 16.5 Å². The van der Waals surface area contributed by atoms with Gasteiger partial charge in [0, 0.05) is 25.7 Å². The summed E-state index contributed by atoms with van der Waals surface area (Å²) < 4.78 is 0. The molecule has 1 aromatic rings. The van der Waals surface area contributed by atoms with Crippen molar-refractivity contribution in [1.29, 1.82) is 0 Å². The van der Waals surface area contributed by atoms with Crippen LogP contribution in [0.2, 0.25) is 5.15 Å². The Kier molecular flexibility index (Phi) is 3.48. The third kappa shape index (κ3) is 2.75. The van der Waals surface area contributed by atoms with Crippen LogP contribution in [0.4, 0.5) is 5.82 Å². The number of anilines is 1. The Morgan fingerprint density at radius 2 is 2.22 bits per heavy atom. The lowest BCUT2D eigenvalue weighted by Gasteiger charge is -2.20. The Balaban J connectivity index is 2.21. The molecule has 1 fully saturated rings. The number of pyridine rings is 1. The highest BCUT2D eigenvalue weighted by Crippen LogP contribution is 2.30. The van der Waals surface area contributed by atoms with Crippen molar-refractivity contribution in [3.8, 4) is 0 Å². The van der Waals surface area contributed by atoms with E-state index >= 15 is 0 Å². The van der Waals surface area contributed by atoms with Crippen LogP contribution in [0.3, 0.4) is 0 Å². The molecule has 0 bridgehead atoms. The number of rotatable bonds is 2. The van der Waals surface area contributed by atoms with Crippen molar-refractivity contribution in [2.75, 3.05) is 25.5 Å². The van der Waals surface area contributed by atoms with Crippen LogP contribution in [0.5, 0.6) is 0 Å². The monoisotopic (exact) mass is 267 g/mol. The summed E-state index contributed by atoms with van der Waals surface area (Å²) in [5.41, 5.74) is 0.801. The van der Waals surface area contributed by atoms with Crippen molar-refractivity contribution in [2.45, 2.75) is 20.3 Å². The molecule has 98 valence electrons. The van der Waals surface area contributed by atoms with Crippen LogP contribution in [-0.2, 0) is 0 Å². The highest BCUT2D eigenvalue weighted by Gasteiger charge is 2.32. The van der Waals surface area contributed by atoms with Crippen LogP contribution in [0.15, 0.2) is 12.1 Å². The summed E-state index contributed by atoms with van der Waals surface area (Å²) in [6.07, 6.45) is 1.04. The van der Waals surface area contributed by atoms with Crippen LogP contribution in [0.1, 0.15) is 30.6 Å². The first kappa shape index (κ1) is 13.1. The molecule has 1 aliphatic rings. The third-order valence-corrected chi connectivity index (χ3v) is 3.46. The second kappa shape index (κ2) is 4.76. The van der Waals surface area contributed by atoms with Gasteiger partial charge in [-0.1, -0.05) is 25.4 Å². The lowest BCUT2D eigenvalue weighted by Crippen LogP contribution is -2.30. The van der Waals surface area contributed by atoms with Gasteiger partial charge in [0.15, 0.2) is 0 Å². The average molecular weight is 268 g/mol. The molecule has 0 saturated carbocycles. The molecule has 5 heteroatoms. The largest absolute Gasteiger partial charge is 0.373 e. The number of carbonyl (C=O) groups excluding carboxylic acids is 1. The zero-order chi connectivity index (χ0) is 13.3. The predicted molar refractivity (Wildman–Crippen MR) is 73.1 cm³/mol. The van der Waals surface area contributed by atoms with Gasteiger partial charge in [-0.25, -0.2) is 4.98 Å². The highest BCUT2D eigenvalue weighted by atomic mass is 35.5. The molecule has 0 atom stereocenters. The maximum Gasteiger partial charge on any atom is 0.254 e. The number of hydrogen-bond donors (Lipinski definition) is 1. The number of hydrogen-bond acceptors (Lipinski definition) is 3. The van der Waals surface area contributed by atoms with Gasteiger partial charge in [0.2, 0.25) is 0 Å². The van der Waals surface area contributed by atoms with Gasteiger partial charge in [0.1, 0.15) is 11.0 Å². The molecular weight excluding hydrogens is 250 g/mol. The molecular formula is C13H18ClN3O. The fraction of sp³-hybridized carbons (Fsp3) is 0.538. The van der Waals surface area contributed by atoms with Crippen LogP contribution in [0, 0.1) is 5.41 Å². The number of halogens is 1. The number of nitrogens with one attached hydrogen (secondary N) is 1. The van der Waals surface area contributed by atoms with Gasteiger partial charge in [-0.3, -0.25) is 4.79 Å². The number of carbonyl (C=O) groups is 1. The second-order valence-corrected chi connectivity index (χ2v) is 5.84. The Hall–Kier alpha value is -1.29. The zero-order valence-electron chi connectivity index (χ0n) is 11.0. The molecule has 4 nitrogen and oxygen atoms in total. The molecule has 2 rings (SSSR count). The highest BCUT2D eigenvalue weighted by molar-refractivity contribution is 6.29. The van der Waals surface area contributed by atoms with E-state index in [1.165, 1.54) is 0 Å². The van der Waals surface area contributed by atoms with Crippen molar-refractivity contribution >= 4 is 23.3 Å². The molecule has 1 aromatic heterocycles. The van der Waals surface area contributed by atoms with Gasteiger partial charge in [-0.15, -0.1) is 0 Å². The number of aromatic nitrogens is 1. The van der Waals surface area contributed by atoms with Crippen molar-refractivity contribution in [2.24, 2.45) is 5.41 Å². The number of nitrogens with zero attached hydrogens (tertiary/aromatic N) is 2.